The average Bonchev–Trinajstić information content (AvgIpc) is 2.51. The molecule has 0 atom stereocenters. The largest absolute Gasteiger partial charge is 0.326 e. The molecule has 108 valence electrons. The van der Waals surface area contributed by atoms with E-state index in [2.05, 4.69) is 4.99 Å². The highest BCUT2D eigenvalue weighted by Crippen LogP contribution is 2.30. The van der Waals surface area contributed by atoms with Crippen molar-refractivity contribution in [1.82, 2.24) is 4.31 Å². The van der Waals surface area contributed by atoms with E-state index >= 15 is 0 Å². The third-order valence-electron chi connectivity index (χ3n) is 3.37. The van der Waals surface area contributed by atoms with Gasteiger partial charge in [0, 0.05) is 6.54 Å². The molecule has 0 aromatic heterocycles. The summed E-state index contributed by atoms with van der Waals surface area (Å²) in [6.45, 7) is 0.724. The van der Waals surface area contributed by atoms with Crippen molar-refractivity contribution in [2.75, 3.05) is 0 Å². The Morgan fingerprint density at radius 3 is 2.38 bits per heavy atom. The summed E-state index contributed by atoms with van der Waals surface area (Å²) in [7, 11) is -3.54. The molecule has 0 bridgehead atoms. The first-order chi connectivity index (χ1) is 10.1. The first-order valence-corrected chi connectivity index (χ1v) is 7.98. The van der Waals surface area contributed by atoms with Crippen LogP contribution in [-0.2, 0) is 23.1 Å². The molecule has 0 saturated carbocycles. The Bertz CT molecular complexity index is 783. The normalized spacial score (nSPS) is 15.8. The summed E-state index contributed by atoms with van der Waals surface area (Å²) >= 11 is 0. The molecule has 1 aliphatic heterocycles. The van der Waals surface area contributed by atoms with Gasteiger partial charge in [-0.15, -0.1) is 0 Å². The molecule has 2 aromatic carbocycles. The number of aliphatic imine (C=N–C) groups is 1. The SMILES string of the molecule is NCc1ccc(CN2C=Nc3ccccc3S2(=O)=O)cc1. The molecule has 6 heteroatoms. The van der Waals surface area contributed by atoms with Gasteiger partial charge in [0.05, 0.1) is 12.2 Å². The molecule has 2 aromatic rings. The van der Waals surface area contributed by atoms with E-state index in [0.29, 0.717) is 12.2 Å². The zero-order chi connectivity index (χ0) is 14.9. The first kappa shape index (κ1) is 13.8. The standard InChI is InChI=1S/C15H15N3O2S/c16-9-12-5-7-13(8-6-12)10-18-11-17-14-3-1-2-4-15(14)21(18,19)20/h1-8,11H,9-10,16H2. The molecule has 0 spiro atoms. The average molecular weight is 301 g/mol. The van der Waals surface area contributed by atoms with Gasteiger partial charge in [-0.3, -0.25) is 4.31 Å². The maximum absolute atomic E-state index is 12.5. The van der Waals surface area contributed by atoms with Crippen LogP contribution in [0.4, 0.5) is 5.69 Å². The van der Waals surface area contributed by atoms with Crippen molar-refractivity contribution in [3.63, 3.8) is 0 Å². The summed E-state index contributed by atoms with van der Waals surface area (Å²) < 4.78 is 26.3. The van der Waals surface area contributed by atoms with Crippen LogP contribution in [0, 0.1) is 0 Å². The van der Waals surface area contributed by atoms with Crippen LogP contribution >= 0.6 is 0 Å². The zero-order valence-electron chi connectivity index (χ0n) is 11.3. The van der Waals surface area contributed by atoms with E-state index in [0.717, 1.165) is 11.1 Å². The summed E-state index contributed by atoms with van der Waals surface area (Å²) in [5, 5.41) is 0. The predicted octanol–water partition coefficient (Wildman–Crippen LogP) is 2.01. The van der Waals surface area contributed by atoms with Gasteiger partial charge in [-0.1, -0.05) is 36.4 Å². The van der Waals surface area contributed by atoms with Crippen molar-refractivity contribution in [3.05, 3.63) is 59.7 Å². The second-order valence-electron chi connectivity index (χ2n) is 4.78. The number of fused-ring (bicyclic) bond motifs is 1. The number of hydrogen-bond acceptors (Lipinski definition) is 4. The lowest BCUT2D eigenvalue weighted by Gasteiger charge is -2.24. The fourth-order valence-electron chi connectivity index (χ4n) is 2.18. The molecule has 0 unspecified atom stereocenters. The lowest BCUT2D eigenvalue weighted by Crippen LogP contribution is -2.31. The lowest BCUT2D eigenvalue weighted by atomic mass is 10.1. The molecule has 5 nitrogen and oxygen atoms in total. The van der Waals surface area contributed by atoms with Crippen LogP contribution in [0.25, 0.3) is 0 Å². The second kappa shape index (κ2) is 5.31. The van der Waals surface area contributed by atoms with Crippen molar-refractivity contribution in [3.8, 4) is 0 Å². The third kappa shape index (κ3) is 2.55. The van der Waals surface area contributed by atoms with Gasteiger partial charge in [-0.05, 0) is 23.3 Å². The molecule has 2 N–H and O–H groups in total. The van der Waals surface area contributed by atoms with Crippen LogP contribution in [0.15, 0.2) is 58.4 Å². The van der Waals surface area contributed by atoms with Crippen LogP contribution in [0.5, 0.6) is 0 Å². The second-order valence-corrected chi connectivity index (χ2v) is 6.64. The van der Waals surface area contributed by atoms with Gasteiger partial charge in [0.1, 0.15) is 11.2 Å². The fraction of sp³-hybridized carbons (Fsp3) is 0.133. The highest BCUT2D eigenvalue weighted by Gasteiger charge is 2.28. The van der Waals surface area contributed by atoms with Crippen molar-refractivity contribution in [2.45, 2.75) is 18.0 Å². The summed E-state index contributed by atoms with van der Waals surface area (Å²) in [5.41, 5.74) is 7.94. The van der Waals surface area contributed by atoms with Crippen LogP contribution in [-0.4, -0.2) is 19.1 Å². The molecule has 1 aliphatic rings. The minimum absolute atomic E-state index is 0.242. The first-order valence-electron chi connectivity index (χ1n) is 6.54. The monoisotopic (exact) mass is 301 g/mol. The van der Waals surface area contributed by atoms with Gasteiger partial charge in [0.15, 0.2) is 0 Å². The highest BCUT2D eigenvalue weighted by molar-refractivity contribution is 7.89. The van der Waals surface area contributed by atoms with E-state index in [4.69, 9.17) is 5.73 Å². The van der Waals surface area contributed by atoms with Crippen molar-refractivity contribution in [1.29, 1.82) is 0 Å². The summed E-state index contributed by atoms with van der Waals surface area (Å²) in [6, 6.07) is 14.3. The van der Waals surface area contributed by atoms with Crippen molar-refractivity contribution < 1.29 is 8.42 Å². The van der Waals surface area contributed by atoms with Crippen LogP contribution in [0.1, 0.15) is 11.1 Å². The van der Waals surface area contributed by atoms with Gasteiger partial charge in [0.2, 0.25) is 0 Å². The predicted molar refractivity (Wildman–Crippen MR) is 81.7 cm³/mol. The van der Waals surface area contributed by atoms with E-state index in [-0.39, 0.29) is 11.4 Å². The number of nitrogens with zero attached hydrogens (tertiary/aromatic N) is 2. The Kier molecular flexibility index (Phi) is 3.48. The van der Waals surface area contributed by atoms with Crippen LogP contribution in [0.3, 0.4) is 0 Å². The molecule has 0 radical (unpaired) electrons. The third-order valence-corrected chi connectivity index (χ3v) is 5.12. The van der Waals surface area contributed by atoms with Gasteiger partial charge >= 0.3 is 0 Å². The van der Waals surface area contributed by atoms with E-state index in [1.807, 2.05) is 24.3 Å². The van der Waals surface area contributed by atoms with E-state index in [1.165, 1.54) is 10.6 Å². The van der Waals surface area contributed by atoms with E-state index in [9.17, 15) is 8.42 Å². The molecule has 3 rings (SSSR count). The Labute approximate surface area is 123 Å². The molecule has 0 aliphatic carbocycles. The van der Waals surface area contributed by atoms with Crippen molar-refractivity contribution >= 4 is 22.0 Å². The Balaban J connectivity index is 1.90. The fourth-order valence-corrected chi connectivity index (χ4v) is 3.56. The van der Waals surface area contributed by atoms with Gasteiger partial charge < -0.3 is 5.73 Å². The molecule has 0 amide bonds. The number of hydrogen-bond donors (Lipinski definition) is 1. The Hall–Kier alpha value is -2.18. The lowest BCUT2D eigenvalue weighted by molar-refractivity contribution is 0.521. The maximum atomic E-state index is 12.5. The summed E-state index contributed by atoms with van der Waals surface area (Å²) in [4.78, 5) is 4.44. The Morgan fingerprint density at radius 2 is 1.67 bits per heavy atom. The zero-order valence-corrected chi connectivity index (χ0v) is 12.1. The smallest absolute Gasteiger partial charge is 0.267 e. The molecule has 0 fully saturated rings. The number of benzene rings is 2. The molecule has 0 saturated heterocycles. The van der Waals surface area contributed by atoms with Crippen molar-refractivity contribution in [2.24, 2.45) is 10.7 Å². The summed E-state index contributed by atoms with van der Waals surface area (Å²) in [5.74, 6) is 0. The number of sulfonamides is 1. The number of nitrogens with two attached hydrogens (primary N) is 1. The van der Waals surface area contributed by atoms with E-state index in [1.54, 1.807) is 24.3 Å². The number of para-hydroxylation sites is 1. The Morgan fingerprint density at radius 1 is 1.00 bits per heavy atom. The van der Waals surface area contributed by atoms with Gasteiger partial charge in [0.25, 0.3) is 10.0 Å². The minimum Gasteiger partial charge on any atom is -0.326 e. The van der Waals surface area contributed by atoms with Crippen LogP contribution in [0.2, 0.25) is 0 Å². The molecular weight excluding hydrogens is 286 g/mol. The maximum Gasteiger partial charge on any atom is 0.267 e. The van der Waals surface area contributed by atoms with Gasteiger partial charge in [-0.25, -0.2) is 13.4 Å². The quantitative estimate of drug-likeness (QED) is 0.942. The minimum atomic E-state index is -3.54. The summed E-state index contributed by atoms with van der Waals surface area (Å²) in [6.07, 6.45) is 1.37. The van der Waals surface area contributed by atoms with E-state index < -0.39 is 10.0 Å². The topological polar surface area (TPSA) is 75.8 Å². The number of rotatable bonds is 3. The molecule has 21 heavy (non-hydrogen) atoms. The van der Waals surface area contributed by atoms with Gasteiger partial charge in [-0.2, -0.15) is 0 Å². The molecular formula is C15H15N3O2S. The highest BCUT2D eigenvalue weighted by atomic mass is 32.2. The van der Waals surface area contributed by atoms with Crippen LogP contribution < -0.4 is 5.73 Å². The molecule has 1 heterocycles.